The molecule has 0 unspecified atom stereocenters. The molecule has 7 nitrogen and oxygen atoms in total. The van der Waals surface area contributed by atoms with E-state index in [4.69, 9.17) is 0 Å². The monoisotopic (exact) mass is 441 g/mol. The zero-order valence-electron chi connectivity index (χ0n) is 18.7. The summed E-state index contributed by atoms with van der Waals surface area (Å²) < 4.78 is 2.05. The molecule has 2 fully saturated rings. The first-order chi connectivity index (χ1) is 14.8. The number of amides is 2. The molecule has 0 bridgehead atoms. The van der Waals surface area contributed by atoms with Crippen LogP contribution in [-0.4, -0.2) is 49.8 Å². The van der Waals surface area contributed by atoms with Crippen molar-refractivity contribution in [3.05, 3.63) is 30.1 Å². The topological polar surface area (TPSA) is 80.1 Å². The van der Waals surface area contributed by atoms with Crippen molar-refractivity contribution in [3.63, 3.8) is 0 Å². The third-order valence-electron chi connectivity index (χ3n) is 5.84. The van der Waals surface area contributed by atoms with Gasteiger partial charge in [-0.1, -0.05) is 31.7 Å². The maximum Gasteiger partial charge on any atom is 0.235 e. The number of rotatable bonds is 6. The molecule has 2 aliphatic rings. The largest absolute Gasteiger partial charge is 0.341 e. The molecule has 1 aromatic heterocycles. The van der Waals surface area contributed by atoms with Crippen LogP contribution in [0.4, 0.5) is 5.69 Å². The standard InChI is InChI=1S/C23H31N5O2S/c1-14-10-15(2)13-27(12-14)22(30)16(3)31-23-26-25-21(18-8-9-18)28(23)20-7-5-6-19(11-20)24-17(4)29/h5-7,11,14-16,18H,8-10,12-13H2,1-4H3,(H,24,29)/t14-,15-,16-/m1/s1. The number of carbonyl (C=O) groups is 2. The Morgan fingerprint density at radius 3 is 2.52 bits per heavy atom. The molecule has 2 amide bonds. The number of carbonyl (C=O) groups excluding carboxylic acids is 2. The molecule has 166 valence electrons. The quantitative estimate of drug-likeness (QED) is 0.683. The van der Waals surface area contributed by atoms with Gasteiger partial charge in [-0.2, -0.15) is 0 Å². The summed E-state index contributed by atoms with van der Waals surface area (Å²) in [6, 6.07) is 7.70. The second-order valence-electron chi connectivity index (χ2n) is 9.13. The van der Waals surface area contributed by atoms with Crippen LogP contribution in [0.3, 0.4) is 0 Å². The molecule has 1 aromatic carbocycles. The van der Waals surface area contributed by atoms with E-state index in [2.05, 4.69) is 33.9 Å². The lowest BCUT2D eigenvalue weighted by Crippen LogP contribution is -2.45. The number of hydrogen-bond donors (Lipinski definition) is 1. The molecule has 1 N–H and O–H groups in total. The van der Waals surface area contributed by atoms with Gasteiger partial charge in [0.15, 0.2) is 5.16 Å². The van der Waals surface area contributed by atoms with Crippen LogP contribution < -0.4 is 5.32 Å². The number of aromatic nitrogens is 3. The van der Waals surface area contributed by atoms with Gasteiger partial charge in [-0.15, -0.1) is 10.2 Å². The highest BCUT2D eigenvalue weighted by Gasteiger charge is 2.33. The Kier molecular flexibility index (Phi) is 6.36. The molecule has 8 heteroatoms. The summed E-state index contributed by atoms with van der Waals surface area (Å²) in [5.74, 6) is 2.46. The Balaban J connectivity index is 1.58. The summed E-state index contributed by atoms with van der Waals surface area (Å²) >= 11 is 1.47. The van der Waals surface area contributed by atoms with Gasteiger partial charge >= 0.3 is 0 Å². The molecule has 2 aromatic rings. The van der Waals surface area contributed by atoms with Gasteiger partial charge in [0.2, 0.25) is 11.8 Å². The van der Waals surface area contributed by atoms with E-state index in [0.717, 1.165) is 48.3 Å². The average molecular weight is 442 g/mol. The van der Waals surface area contributed by atoms with E-state index in [9.17, 15) is 9.59 Å². The number of thioether (sulfide) groups is 1. The van der Waals surface area contributed by atoms with Gasteiger partial charge in [0.1, 0.15) is 5.82 Å². The van der Waals surface area contributed by atoms with Crippen LogP contribution in [0.2, 0.25) is 0 Å². The Morgan fingerprint density at radius 1 is 1.16 bits per heavy atom. The summed E-state index contributed by atoms with van der Waals surface area (Å²) in [5, 5.41) is 12.3. The van der Waals surface area contributed by atoms with Gasteiger partial charge in [0, 0.05) is 31.6 Å². The first-order valence-corrected chi connectivity index (χ1v) is 12.0. The van der Waals surface area contributed by atoms with Gasteiger partial charge in [-0.05, 0) is 56.2 Å². The zero-order chi connectivity index (χ0) is 22.1. The summed E-state index contributed by atoms with van der Waals surface area (Å²) in [6.45, 7) is 9.54. The lowest BCUT2D eigenvalue weighted by molar-refractivity contribution is -0.133. The first-order valence-electron chi connectivity index (χ1n) is 11.1. The van der Waals surface area contributed by atoms with E-state index in [0.29, 0.717) is 17.8 Å². The van der Waals surface area contributed by atoms with Gasteiger partial charge in [0.25, 0.3) is 0 Å². The number of anilines is 1. The van der Waals surface area contributed by atoms with Crippen molar-refractivity contribution in [3.8, 4) is 5.69 Å². The number of likely N-dealkylation sites (tertiary alicyclic amines) is 1. The minimum Gasteiger partial charge on any atom is -0.341 e. The second kappa shape index (κ2) is 9.02. The van der Waals surface area contributed by atoms with Crippen molar-refractivity contribution in [1.29, 1.82) is 0 Å². The highest BCUT2D eigenvalue weighted by atomic mass is 32.2. The Labute approximate surface area is 188 Å². The van der Waals surface area contributed by atoms with Crippen molar-refractivity contribution in [1.82, 2.24) is 19.7 Å². The Morgan fingerprint density at radius 2 is 1.87 bits per heavy atom. The minimum absolute atomic E-state index is 0.109. The van der Waals surface area contributed by atoms with Crippen LogP contribution in [0.25, 0.3) is 5.69 Å². The van der Waals surface area contributed by atoms with Gasteiger partial charge in [-0.25, -0.2) is 0 Å². The van der Waals surface area contributed by atoms with Crippen LogP contribution in [-0.2, 0) is 9.59 Å². The van der Waals surface area contributed by atoms with Crippen LogP contribution >= 0.6 is 11.8 Å². The fourth-order valence-electron chi connectivity index (χ4n) is 4.44. The Hall–Kier alpha value is -2.35. The third-order valence-corrected chi connectivity index (χ3v) is 6.87. The van der Waals surface area contributed by atoms with Crippen molar-refractivity contribution >= 4 is 29.3 Å². The number of piperidine rings is 1. The molecule has 1 saturated heterocycles. The smallest absolute Gasteiger partial charge is 0.235 e. The molecule has 1 saturated carbocycles. The molecule has 0 radical (unpaired) electrons. The van der Waals surface area contributed by atoms with Crippen molar-refractivity contribution in [2.24, 2.45) is 11.8 Å². The molecule has 2 heterocycles. The van der Waals surface area contributed by atoms with Crippen LogP contribution in [0.5, 0.6) is 0 Å². The molecule has 4 rings (SSSR count). The summed E-state index contributed by atoms with van der Waals surface area (Å²) in [6.07, 6.45) is 3.38. The Bertz CT molecular complexity index is 961. The molecule has 1 aliphatic heterocycles. The molecule has 0 spiro atoms. The van der Waals surface area contributed by atoms with E-state index < -0.39 is 0 Å². The lowest BCUT2D eigenvalue weighted by Gasteiger charge is -2.36. The number of benzene rings is 1. The second-order valence-corrected chi connectivity index (χ2v) is 10.4. The van der Waals surface area contributed by atoms with Crippen molar-refractivity contribution in [2.45, 2.75) is 63.3 Å². The van der Waals surface area contributed by atoms with E-state index in [1.807, 2.05) is 36.1 Å². The van der Waals surface area contributed by atoms with Crippen molar-refractivity contribution < 1.29 is 9.59 Å². The average Bonchev–Trinajstić information content (AvgIpc) is 3.46. The molecule has 31 heavy (non-hydrogen) atoms. The maximum atomic E-state index is 13.2. The highest BCUT2D eigenvalue weighted by molar-refractivity contribution is 8.00. The lowest BCUT2D eigenvalue weighted by atomic mass is 9.92. The molecular formula is C23H31N5O2S. The van der Waals surface area contributed by atoms with Crippen molar-refractivity contribution in [2.75, 3.05) is 18.4 Å². The van der Waals surface area contributed by atoms with E-state index in [-0.39, 0.29) is 17.1 Å². The third kappa shape index (κ3) is 5.11. The number of nitrogens with one attached hydrogen (secondary N) is 1. The SMILES string of the molecule is CC(=O)Nc1cccc(-n2c(S[C@H](C)C(=O)N3C[C@H](C)C[C@@H](C)C3)nnc2C2CC2)c1. The molecular weight excluding hydrogens is 410 g/mol. The normalized spacial score (nSPS) is 22.3. The summed E-state index contributed by atoms with van der Waals surface area (Å²) in [4.78, 5) is 26.7. The highest BCUT2D eigenvalue weighted by Crippen LogP contribution is 2.42. The molecule has 3 atom stereocenters. The van der Waals surface area contributed by atoms with E-state index >= 15 is 0 Å². The first kappa shape index (κ1) is 21.9. The minimum atomic E-state index is -0.244. The van der Waals surface area contributed by atoms with Gasteiger partial charge in [0.05, 0.1) is 10.9 Å². The van der Waals surface area contributed by atoms with E-state index in [1.54, 1.807) is 0 Å². The van der Waals surface area contributed by atoms with Crippen LogP contribution in [0, 0.1) is 11.8 Å². The van der Waals surface area contributed by atoms with Crippen LogP contribution in [0.1, 0.15) is 58.7 Å². The summed E-state index contributed by atoms with van der Waals surface area (Å²) in [7, 11) is 0. The van der Waals surface area contributed by atoms with Gasteiger partial charge in [-0.3, -0.25) is 14.2 Å². The van der Waals surface area contributed by atoms with E-state index in [1.165, 1.54) is 25.1 Å². The van der Waals surface area contributed by atoms with Crippen LogP contribution in [0.15, 0.2) is 29.4 Å². The zero-order valence-corrected chi connectivity index (χ0v) is 19.5. The van der Waals surface area contributed by atoms with Gasteiger partial charge < -0.3 is 10.2 Å². The predicted molar refractivity (Wildman–Crippen MR) is 122 cm³/mol. The maximum absolute atomic E-state index is 13.2. The number of hydrogen-bond acceptors (Lipinski definition) is 5. The molecule has 1 aliphatic carbocycles. The number of nitrogens with zero attached hydrogens (tertiary/aromatic N) is 4. The fraction of sp³-hybridized carbons (Fsp3) is 0.565. The summed E-state index contributed by atoms with van der Waals surface area (Å²) in [5.41, 5.74) is 1.64. The predicted octanol–water partition coefficient (Wildman–Crippen LogP) is 4.09. The fourth-order valence-corrected chi connectivity index (χ4v) is 5.40.